The van der Waals surface area contributed by atoms with E-state index in [4.69, 9.17) is 4.74 Å². The standard InChI is InChI=1S/C17H22N2O3/c1-3-12-22-17(21)18-14-8-10-19(11-9-14)16(20)15-7-5-4-6-13(15)2/h3-7,14H,1,8-12H2,2H3,(H,18,21). The second-order valence-corrected chi connectivity index (χ2v) is 5.41. The summed E-state index contributed by atoms with van der Waals surface area (Å²) in [4.78, 5) is 25.8. The van der Waals surface area contributed by atoms with Gasteiger partial charge in [-0.15, -0.1) is 0 Å². The van der Waals surface area contributed by atoms with E-state index in [1.807, 2.05) is 36.1 Å². The average Bonchev–Trinajstić information content (AvgIpc) is 2.53. The maximum atomic E-state index is 12.5. The highest BCUT2D eigenvalue weighted by Crippen LogP contribution is 2.16. The minimum Gasteiger partial charge on any atom is -0.445 e. The number of hydrogen-bond donors (Lipinski definition) is 1. The van der Waals surface area contributed by atoms with Gasteiger partial charge >= 0.3 is 6.09 Å². The summed E-state index contributed by atoms with van der Waals surface area (Å²) in [6, 6.07) is 7.66. The lowest BCUT2D eigenvalue weighted by molar-refractivity contribution is 0.0702. The molecule has 1 aliphatic rings. The fourth-order valence-electron chi connectivity index (χ4n) is 2.55. The third-order valence-electron chi connectivity index (χ3n) is 3.81. The van der Waals surface area contributed by atoms with E-state index in [0.717, 1.165) is 24.0 Å². The summed E-state index contributed by atoms with van der Waals surface area (Å²) < 4.78 is 4.90. The molecule has 118 valence electrons. The fourth-order valence-corrected chi connectivity index (χ4v) is 2.55. The van der Waals surface area contributed by atoms with Crippen LogP contribution in [0.2, 0.25) is 0 Å². The van der Waals surface area contributed by atoms with Crippen molar-refractivity contribution in [3.63, 3.8) is 0 Å². The molecule has 0 spiro atoms. The molecule has 1 aliphatic heterocycles. The number of carbonyl (C=O) groups excluding carboxylic acids is 2. The lowest BCUT2D eigenvalue weighted by atomic mass is 10.0. The highest BCUT2D eigenvalue weighted by molar-refractivity contribution is 5.95. The van der Waals surface area contributed by atoms with Crippen molar-refractivity contribution in [1.82, 2.24) is 10.2 Å². The SMILES string of the molecule is C=CCOC(=O)NC1CCN(C(=O)c2ccccc2C)CC1. The third kappa shape index (κ3) is 4.10. The number of ether oxygens (including phenoxy) is 1. The summed E-state index contributed by atoms with van der Waals surface area (Å²) in [5.41, 5.74) is 1.74. The molecule has 5 nitrogen and oxygen atoms in total. The van der Waals surface area contributed by atoms with Gasteiger partial charge in [0, 0.05) is 24.7 Å². The topological polar surface area (TPSA) is 58.6 Å². The Labute approximate surface area is 130 Å². The van der Waals surface area contributed by atoms with E-state index >= 15 is 0 Å². The number of piperidine rings is 1. The van der Waals surface area contributed by atoms with Crippen LogP contribution in [0.3, 0.4) is 0 Å². The lowest BCUT2D eigenvalue weighted by Gasteiger charge is -2.32. The fraction of sp³-hybridized carbons (Fsp3) is 0.412. The van der Waals surface area contributed by atoms with Gasteiger partial charge in [-0.25, -0.2) is 4.79 Å². The maximum absolute atomic E-state index is 12.5. The summed E-state index contributed by atoms with van der Waals surface area (Å²) in [5.74, 6) is 0.0609. The van der Waals surface area contributed by atoms with Crippen LogP contribution in [0, 0.1) is 6.92 Å². The van der Waals surface area contributed by atoms with Crippen molar-refractivity contribution < 1.29 is 14.3 Å². The molecule has 0 aromatic heterocycles. The molecule has 0 aliphatic carbocycles. The van der Waals surface area contributed by atoms with Crippen LogP contribution in [-0.2, 0) is 4.74 Å². The Morgan fingerprint density at radius 2 is 2.05 bits per heavy atom. The molecule has 0 bridgehead atoms. The highest BCUT2D eigenvalue weighted by atomic mass is 16.5. The van der Waals surface area contributed by atoms with E-state index in [2.05, 4.69) is 11.9 Å². The van der Waals surface area contributed by atoms with Crippen LogP contribution in [0.4, 0.5) is 4.79 Å². The van der Waals surface area contributed by atoms with Crippen LogP contribution < -0.4 is 5.32 Å². The van der Waals surface area contributed by atoms with E-state index in [9.17, 15) is 9.59 Å². The van der Waals surface area contributed by atoms with Gasteiger partial charge in [-0.1, -0.05) is 30.9 Å². The number of hydrogen-bond acceptors (Lipinski definition) is 3. The molecule has 5 heteroatoms. The molecule has 2 amide bonds. The van der Waals surface area contributed by atoms with Crippen LogP contribution >= 0.6 is 0 Å². The number of aryl methyl sites for hydroxylation is 1. The average molecular weight is 302 g/mol. The Kier molecular flexibility index (Phi) is 5.58. The molecular formula is C17H22N2O3. The zero-order valence-electron chi connectivity index (χ0n) is 12.9. The molecule has 0 atom stereocenters. The number of alkyl carbamates (subject to hydrolysis) is 1. The number of carbonyl (C=O) groups is 2. The Bertz CT molecular complexity index is 549. The second kappa shape index (κ2) is 7.64. The van der Waals surface area contributed by atoms with Gasteiger partial charge in [0.1, 0.15) is 6.61 Å². The highest BCUT2D eigenvalue weighted by Gasteiger charge is 2.25. The molecule has 1 fully saturated rings. The minimum absolute atomic E-state index is 0.0539. The van der Waals surface area contributed by atoms with E-state index in [1.54, 1.807) is 0 Å². The van der Waals surface area contributed by atoms with Gasteiger partial charge in [0.2, 0.25) is 0 Å². The van der Waals surface area contributed by atoms with Gasteiger partial charge in [-0.2, -0.15) is 0 Å². The first kappa shape index (κ1) is 16.1. The van der Waals surface area contributed by atoms with Crippen LogP contribution in [0.15, 0.2) is 36.9 Å². The quantitative estimate of drug-likeness (QED) is 0.869. The van der Waals surface area contributed by atoms with Crippen LogP contribution in [-0.4, -0.2) is 42.6 Å². The van der Waals surface area contributed by atoms with Gasteiger partial charge in [0.25, 0.3) is 5.91 Å². The Morgan fingerprint density at radius 1 is 1.36 bits per heavy atom. The third-order valence-corrected chi connectivity index (χ3v) is 3.81. The number of nitrogens with one attached hydrogen (secondary N) is 1. The molecule has 0 radical (unpaired) electrons. The van der Waals surface area contributed by atoms with E-state index in [1.165, 1.54) is 6.08 Å². The molecule has 1 saturated heterocycles. The number of benzene rings is 1. The van der Waals surface area contributed by atoms with E-state index in [-0.39, 0.29) is 18.6 Å². The zero-order valence-corrected chi connectivity index (χ0v) is 12.9. The molecule has 22 heavy (non-hydrogen) atoms. The normalized spacial score (nSPS) is 15.2. The number of likely N-dealkylation sites (tertiary alicyclic amines) is 1. The zero-order chi connectivity index (χ0) is 15.9. The minimum atomic E-state index is -0.427. The molecule has 1 heterocycles. The Hall–Kier alpha value is -2.30. The van der Waals surface area contributed by atoms with E-state index < -0.39 is 6.09 Å². The largest absolute Gasteiger partial charge is 0.445 e. The van der Waals surface area contributed by atoms with Gasteiger partial charge in [0.05, 0.1) is 0 Å². The first-order chi connectivity index (χ1) is 10.6. The number of amides is 2. The summed E-state index contributed by atoms with van der Waals surface area (Å²) in [7, 11) is 0. The molecule has 0 unspecified atom stereocenters. The lowest BCUT2D eigenvalue weighted by Crippen LogP contribution is -2.46. The first-order valence-corrected chi connectivity index (χ1v) is 7.51. The van der Waals surface area contributed by atoms with E-state index in [0.29, 0.717) is 13.1 Å². The monoisotopic (exact) mass is 302 g/mol. The van der Waals surface area contributed by atoms with Crippen LogP contribution in [0.1, 0.15) is 28.8 Å². The number of rotatable bonds is 4. The summed E-state index contributed by atoms with van der Waals surface area (Å²) >= 11 is 0. The van der Waals surface area contributed by atoms with Crippen molar-refractivity contribution in [1.29, 1.82) is 0 Å². The van der Waals surface area contributed by atoms with Crippen molar-refractivity contribution in [3.8, 4) is 0 Å². The van der Waals surface area contributed by atoms with Crippen molar-refractivity contribution in [3.05, 3.63) is 48.0 Å². The molecule has 0 saturated carbocycles. The smallest absolute Gasteiger partial charge is 0.407 e. The van der Waals surface area contributed by atoms with Crippen molar-refractivity contribution >= 4 is 12.0 Å². The second-order valence-electron chi connectivity index (χ2n) is 5.41. The van der Waals surface area contributed by atoms with Gasteiger partial charge in [-0.3, -0.25) is 4.79 Å². The molecule has 1 aromatic carbocycles. The Balaban J connectivity index is 1.84. The van der Waals surface area contributed by atoms with Crippen LogP contribution in [0.5, 0.6) is 0 Å². The molecular weight excluding hydrogens is 280 g/mol. The van der Waals surface area contributed by atoms with Gasteiger partial charge in [-0.05, 0) is 31.4 Å². The molecule has 1 aromatic rings. The predicted molar refractivity (Wildman–Crippen MR) is 84.8 cm³/mol. The predicted octanol–water partition coefficient (Wildman–Crippen LogP) is 2.51. The number of nitrogens with zero attached hydrogens (tertiary/aromatic N) is 1. The van der Waals surface area contributed by atoms with Crippen molar-refractivity contribution in [2.24, 2.45) is 0 Å². The van der Waals surface area contributed by atoms with Gasteiger partial charge < -0.3 is 15.0 Å². The van der Waals surface area contributed by atoms with Crippen molar-refractivity contribution in [2.45, 2.75) is 25.8 Å². The van der Waals surface area contributed by atoms with Crippen LogP contribution in [0.25, 0.3) is 0 Å². The molecule has 2 rings (SSSR count). The summed E-state index contributed by atoms with van der Waals surface area (Å²) in [6.45, 7) is 6.92. The first-order valence-electron chi connectivity index (χ1n) is 7.51. The van der Waals surface area contributed by atoms with Crippen molar-refractivity contribution in [2.75, 3.05) is 19.7 Å². The summed E-state index contributed by atoms with van der Waals surface area (Å²) in [6.07, 6.45) is 2.58. The summed E-state index contributed by atoms with van der Waals surface area (Å²) in [5, 5.41) is 2.82. The van der Waals surface area contributed by atoms with Gasteiger partial charge in [0.15, 0.2) is 0 Å². The maximum Gasteiger partial charge on any atom is 0.407 e. The molecule has 1 N–H and O–H groups in total. The Morgan fingerprint density at radius 3 is 2.68 bits per heavy atom.